The number of alkyl halides is 1. The summed E-state index contributed by atoms with van der Waals surface area (Å²) in [5.74, 6) is 0. The van der Waals surface area contributed by atoms with Gasteiger partial charge < -0.3 is 20.3 Å². The normalized spacial score (nSPS) is 40.9. The van der Waals surface area contributed by atoms with Gasteiger partial charge in [-0.25, -0.2) is 0 Å². The molecule has 0 aromatic rings. The molecule has 5 atom stereocenters. The van der Waals surface area contributed by atoms with Gasteiger partial charge in [0.15, 0.2) is 5.17 Å². The number of hydrogen-bond donors (Lipinski definition) is 3. The number of fused-ring (bicyclic) bond motifs is 1. The molecule has 2 rings (SSSR count). The molecule has 7 heteroatoms. The quantitative estimate of drug-likeness (QED) is 0.662. The molecule has 98 valence electrons. The molecule has 5 nitrogen and oxygen atoms in total. The van der Waals surface area contributed by atoms with Crippen LogP contribution >= 0.6 is 11.8 Å². The fourth-order valence-electron chi connectivity index (χ4n) is 2.01. The number of halogens is 1. The number of nitrogens with zero attached hydrogens (tertiary/aromatic N) is 1. The summed E-state index contributed by atoms with van der Waals surface area (Å²) >= 11 is 1.38. The maximum Gasteiger partial charge on any atom is 0.159 e. The molecule has 0 bridgehead atoms. The van der Waals surface area contributed by atoms with Gasteiger partial charge in [0.25, 0.3) is 0 Å². The van der Waals surface area contributed by atoms with Gasteiger partial charge in [-0.3, -0.25) is 9.38 Å². The molecule has 2 aliphatic heterocycles. The second-order valence-corrected chi connectivity index (χ2v) is 5.16. The number of rotatable bonds is 3. The average molecular weight is 264 g/mol. The van der Waals surface area contributed by atoms with E-state index in [1.807, 2.05) is 6.92 Å². The van der Waals surface area contributed by atoms with Crippen LogP contribution in [0.25, 0.3) is 0 Å². The van der Waals surface area contributed by atoms with Gasteiger partial charge in [0.2, 0.25) is 0 Å². The fourth-order valence-corrected chi connectivity index (χ4v) is 3.20. The molecular weight excluding hydrogens is 247 g/mol. The van der Waals surface area contributed by atoms with Crippen molar-refractivity contribution in [2.24, 2.45) is 4.99 Å². The van der Waals surface area contributed by atoms with Gasteiger partial charge in [0.05, 0.1) is 12.8 Å². The van der Waals surface area contributed by atoms with E-state index in [2.05, 4.69) is 10.3 Å². The Balaban J connectivity index is 2.04. The first-order valence-electron chi connectivity index (χ1n) is 5.73. The molecule has 3 N–H and O–H groups in total. The third-order valence-electron chi connectivity index (χ3n) is 2.88. The highest BCUT2D eigenvalue weighted by Gasteiger charge is 2.47. The van der Waals surface area contributed by atoms with Crippen LogP contribution in [0.3, 0.4) is 0 Å². The molecule has 0 radical (unpaired) electrons. The highest BCUT2D eigenvalue weighted by atomic mass is 32.2. The largest absolute Gasteiger partial charge is 0.388 e. The summed E-state index contributed by atoms with van der Waals surface area (Å²) in [7, 11) is 0. The number of amidine groups is 1. The number of aliphatic hydroxyl groups is 2. The Morgan fingerprint density at radius 1 is 1.47 bits per heavy atom. The third-order valence-corrected chi connectivity index (χ3v) is 3.98. The van der Waals surface area contributed by atoms with Gasteiger partial charge in [0, 0.05) is 13.0 Å². The number of nitrogens with one attached hydrogen (secondary N) is 1. The van der Waals surface area contributed by atoms with Crippen molar-refractivity contribution < 1.29 is 19.3 Å². The summed E-state index contributed by atoms with van der Waals surface area (Å²) in [6.45, 7) is 2.11. The highest BCUT2D eigenvalue weighted by molar-refractivity contribution is 8.14. The second kappa shape index (κ2) is 5.51. The summed E-state index contributed by atoms with van der Waals surface area (Å²) in [5, 5.41) is 23.5. The van der Waals surface area contributed by atoms with Crippen LogP contribution in [-0.2, 0) is 4.74 Å². The van der Waals surface area contributed by atoms with Crippen LogP contribution in [0.15, 0.2) is 4.99 Å². The van der Waals surface area contributed by atoms with E-state index in [9.17, 15) is 14.6 Å². The van der Waals surface area contributed by atoms with Crippen molar-refractivity contribution in [2.75, 3.05) is 13.2 Å². The van der Waals surface area contributed by atoms with E-state index in [0.717, 1.165) is 6.54 Å². The maximum atomic E-state index is 12.3. The lowest BCUT2D eigenvalue weighted by atomic mass is 9.97. The molecule has 0 unspecified atom stereocenters. The minimum absolute atomic E-state index is 0.0958. The molecule has 1 saturated heterocycles. The van der Waals surface area contributed by atoms with E-state index in [-0.39, 0.29) is 11.9 Å². The zero-order valence-corrected chi connectivity index (χ0v) is 10.4. The Kier molecular flexibility index (Phi) is 4.24. The van der Waals surface area contributed by atoms with Gasteiger partial charge in [-0.1, -0.05) is 11.8 Å². The van der Waals surface area contributed by atoms with E-state index in [1.54, 1.807) is 0 Å². The predicted octanol–water partition coefficient (Wildman–Crippen LogP) is -0.126. The second-order valence-electron chi connectivity index (χ2n) is 4.07. The number of aliphatic hydroxyl groups excluding tert-OH is 2. The third kappa shape index (κ3) is 2.57. The van der Waals surface area contributed by atoms with Crippen LogP contribution < -0.4 is 5.32 Å². The van der Waals surface area contributed by atoms with Crippen LogP contribution in [-0.4, -0.2) is 58.4 Å². The van der Waals surface area contributed by atoms with E-state index in [0.29, 0.717) is 5.17 Å². The summed E-state index contributed by atoms with van der Waals surface area (Å²) in [6, 6.07) is -0.472. The first kappa shape index (κ1) is 13.1. The zero-order valence-electron chi connectivity index (χ0n) is 9.54. The molecule has 0 aromatic carbocycles. The van der Waals surface area contributed by atoms with Gasteiger partial charge in [-0.2, -0.15) is 0 Å². The minimum Gasteiger partial charge on any atom is -0.388 e. The lowest BCUT2D eigenvalue weighted by molar-refractivity contribution is -0.155. The minimum atomic E-state index is -1.07. The van der Waals surface area contributed by atoms with E-state index in [4.69, 9.17) is 4.74 Å². The van der Waals surface area contributed by atoms with Gasteiger partial charge in [-0.05, 0) is 6.92 Å². The van der Waals surface area contributed by atoms with Crippen molar-refractivity contribution in [1.29, 1.82) is 0 Å². The highest BCUT2D eigenvalue weighted by Crippen LogP contribution is 2.36. The first-order chi connectivity index (χ1) is 8.17. The van der Waals surface area contributed by atoms with Crippen molar-refractivity contribution in [2.45, 2.75) is 43.1 Å². The number of ether oxygens (including phenoxy) is 1. The average Bonchev–Trinajstić information content (AvgIpc) is 2.69. The van der Waals surface area contributed by atoms with Gasteiger partial charge in [-0.15, -0.1) is 0 Å². The molecule has 2 heterocycles. The smallest absolute Gasteiger partial charge is 0.159 e. The number of hydrogen-bond acceptors (Lipinski definition) is 6. The number of thioether (sulfide) groups is 1. The van der Waals surface area contributed by atoms with E-state index >= 15 is 0 Å². The molecule has 0 spiro atoms. The predicted molar refractivity (Wildman–Crippen MR) is 63.8 cm³/mol. The Hall–Kier alpha value is -0.370. The molecule has 1 fully saturated rings. The molecule has 0 aliphatic carbocycles. The topological polar surface area (TPSA) is 74.1 Å². The van der Waals surface area contributed by atoms with Crippen LogP contribution in [0.5, 0.6) is 0 Å². The van der Waals surface area contributed by atoms with Crippen molar-refractivity contribution in [3.8, 4) is 0 Å². The molecule has 17 heavy (non-hydrogen) atoms. The van der Waals surface area contributed by atoms with Crippen LogP contribution in [0, 0.1) is 0 Å². The van der Waals surface area contributed by atoms with Crippen LogP contribution in [0.4, 0.5) is 4.39 Å². The summed E-state index contributed by atoms with van der Waals surface area (Å²) in [5.41, 5.74) is -0.334. The van der Waals surface area contributed by atoms with E-state index < -0.39 is 31.0 Å². The van der Waals surface area contributed by atoms with Crippen LogP contribution in [0.2, 0.25) is 0 Å². The number of aliphatic imine (C=N–C) groups is 1. The first-order valence-corrected chi connectivity index (χ1v) is 6.61. The SMILES string of the molecule is CCNC1=N[C@@H]2[C@@H](O)[C@H](O)[C@H](CCF)O[C@@H]2S1. The van der Waals surface area contributed by atoms with Crippen molar-refractivity contribution in [1.82, 2.24) is 5.32 Å². The Morgan fingerprint density at radius 3 is 2.88 bits per heavy atom. The Labute approximate surface area is 103 Å². The molecule has 2 aliphatic rings. The monoisotopic (exact) mass is 264 g/mol. The molecular formula is C10H17FN2O3S. The van der Waals surface area contributed by atoms with Crippen molar-refractivity contribution >= 4 is 16.9 Å². The molecule has 0 amide bonds. The summed E-state index contributed by atoms with van der Waals surface area (Å²) in [4.78, 5) is 4.27. The summed E-state index contributed by atoms with van der Waals surface area (Å²) < 4.78 is 17.9. The van der Waals surface area contributed by atoms with E-state index in [1.165, 1.54) is 11.8 Å². The lowest BCUT2D eigenvalue weighted by Gasteiger charge is -2.37. The van der Waals surface area contributed by atoms with Crippen molar-refractivity contribution in [3.05, 3.63) is 0 Å². The fraction of sp³-hybridized carbons (Fsp3) is 0.900. The maximum absolute atomic E-state index is 12.3. The van der Waals surface area contributed by atoms with Gasteiger partial charge >= 0.3 is 0 Å². The Morgan fingerprint density at radius 2 is 2.24 bits per heavy atom. The standard InChI is InChI=1S/C10H17FN2O3S/c1-2-12-10-13-6-8(15)7(14)5(3-4-11)16-9(6)17-10/h5-9,14-15H,2-4H2,1H3,(H,12,13)/t5-,6+,7+,8+,9+/m0/s1. The molecule has 0 aromatic heterocycles. The molecule has 0 saturated carbocycles. The van der Waals surface area contributed by atoms with Crippen molar-refractivity contribution in [3.63, 3.8) is 0 Å². The lowest BCUT2D eigenvalue weighted by Crippen LogP contribution is -2.54. The zero-order chi connectivity index (χ0) is 12.4. The van der Waals surface area contributed by atoms with Gasteiger partial charge in [0.1, 0.15) is 23.7 Å². The Bertz CT molecular complexity index is 305. The summed E-state index contributed by atoms with van der Waals surface area (Å²) in [6.07, 6.45) is -2.62. The van der Waals surface area contributed by atoms with Crippen LogP contribution in [0.1, 0.15) is 13.3 Å².